The normalized spacial score (nSPS) is 12.5. The largest absolute Gasteiger partial charge is 0.454 e. The summed E-state index contributed by atoms with van der Waals surface area (Å²) in [4.78, 5) is 4.40. The van der Waals surface area contributed by atoms with E-state index >= 15 is 0 Å². The molecule has 0 aliphatic carbocycles. The van der Waals surface area contributed by atoms with Crippen molar-refractivity contribution < 1.29 is 14.0 Å². The standard InChI is InChI=1S/C18H14N6O3/c1-10-4-2-3-5-12(10)24-16(19)15(21-23-24)18-20-17(22-27-18)11-6-7-13-14(8-11)26-9-25-13/h2-8H,9,19H2,1H3. The molecule has 0 spiro atoms. The fourth-order valence-electron chi connectivity index (χ4n) is 2.89. The summed E-state index contributed by atoms with van der Waals surface area (Å²) >= 11 is 0. The van der Waals surface area contributed by atoms with E-state index in [2.05, 4.69) is 20.5 Å². The molecule has 27 heavy (non-hydrogen) atoms. The lowest BCUT2D eigenvalue weighted by Crippen LogP contribution is -2.04. The van der Waals surface area contributed by atoms with E-state index in [1.165, 1.54) is 0 Å². The Balaban J connectivity index is 1.51. The van der Waals surface area contributed by atoms with Gasteiger partial charge in [-0.1, -0.05) is 28.6 Å². The topological polar surface area (TPSA) is 114 Å². The summed E-state index contributed by atoms with van der Waals surface area (Å²) < 4.78 is 17.6. The van der Waals surface area contributed by atoms with Crippen LogP contribution in [0.25, 0.3) is 28.7 Å². The van der Waals surface area contributed by atoms with E-state index in [9.17, 15) is 0 Å². The van der Waals surface area contributed by atoms with Crippen LogP contribution in [0.5, 0.6) is 11.5 Å². The van der Waals surface area contributed by atoms with Crippen LogP contribution in [0.1, 0.15) is 5.56 Å². The quantitative estimate of drug-likeness (QED) is 0.591. The molecule has 0 radical (unpaired) electrons. The second-order valence-corrected chi connectivity index (χ2v) is 6.01. The average Bonchev–Trinajstić information content (AvgIpc) is 3.40. The molecule has 3 heterocycles. The highest BCUT2D eigenvalue weighted by Gasteiger charge is 2.21. The maximum atomic E-state index is 6.23. The van der Waals surface area contributed by atoms with E-state index in [1.54, 1.807) is 16.8 Å². The molecule has 1 aliphatic heterocycles. The number of aryl methyl sites for hydroxylation is 1. The maximum absolute atomic E-state index is 6.23. The second-order valence-electron chi connectivity index (χ2n) is 6.01. The van der Waals surface area contributed by atoms with Crippen LogP contribution in [0.3, 0.4) is 0 Å². The summed E-state index contributed by atoms with van der Waals surface area (Å²) in [6, 6.07) is 13.2. The minimum Gasteiger partial charge on any atom is -0.454 e. The molecule has 0 amide bonds. The van der Waals surface area contributed by atoms with Crippen LogP contribution in [0.4, 0.5) is 5.82 Å². The van der Waals surface area contributed by atoms with E-state index in [-0.39, 0.29) is 12.7 Å². The monoisotopic (exact) mass is 362 g/mol. The van der Waals surface area contributed by atoms with E-state index in [1.807, 2.05) is 37.3 Å². The van der Waals surface area contributed by atoms with Gasteiger partial charge in [-0.3, -0.25) is 0 Å². The molecule has 0 bridgehead atoms. The third kappa shape index (κ3) is 2.48. The summed E-state index contributed by atoms with van der Waals surface area (Å²) in [5.41, 5.74) is 9.16. The number of aromatic nitrogens is 5. The van der Waals surface area contributed by atoms with Gasteiger partial charge in [-0.2, -0.15) is 9.67 Å². The Morgan fingerprint density at radius 2 is 1.93 bits per heavy atom. The molecule has 4 aromatic rings. The van der Waals surface area contributed by atoms with Gasteiger partial charge in [0.15, 0.2) is 23.0 Å². The van der Waals surface area contributed by atoms with E-state index in [0.29, 0.717) is 28.8 Å². The van der Waals surface area contributed by atoms with Crippen LogP contribution in [0, 0.1) is 6.92 Å². The van der Waals surface area contributed by atoms with Gasteiger partial charge in [-0.15, -0.1) is 5.10 Å². The molecule has 9 heteroatoms. The van der Waals surface area contributed by atoms with Gasteiger partial charge >= 0.3 is 0 Å². The summed E-state index contributed by atoms with van der Waals surface area (Å²) in [5, 5.41) is 12.3. The summed E-state index contributed by atoms with van der Waals surface area (Å²) in [7, 11) is 0. The zero-order chi connectivity index (χ0) is 18.4. The maximum Gasteiger partial charge on any atom is 0.282 e. The molecule has 2 aromatic carbocycles. The van der Waals surface area contributed by atoms with Gasteiger partial charge in [0.1, 0.15) is 0 Å². The van der Waals surface area contributed by atoms with Crippen molar-refractivity contribution in [2.45, 2.75) is 6.92 Å². The Labute approximate surface area is 153 Å². The van der Waals surface area contributed by atoms with Crippen LogP contribution in [-0.4, -0.2) is 31.9 Å². The highest BCUT2D eigenvalue weighted by molar-refractivity contribution is 5.67. The molecule has 2 N–H and O–H groups in total. The van der Waals surface area contributed by atoms with Gasteiger partial charge in [0, 0.05) is 5.56 Å². The number of nitrogen functional groups attached to an aromatic ring is 1. The molecule has 0 saturated carbocycles. The molecule has 1 aliphatic rings. The number of benzene rings is 2. The minimum absolute atomic E-state index is 0.194. The molecule has 2 aromatic heterocycles. The summed E-state index contributed by atoms with van der Waals surface area (Å²) in [6.45, 7) is 2.18. The van der Waals surface area contributed by atoms with Crippen LogP contribution in [0.2, 0.25) is 0 Å². The van der Waals surface area contributed by atoms with Gasteiger partial charge in [-0.05, 0) is 36.8 Å². The lowest BCUT2D eigenvalue weighted by molar-refractivity contribution is 0.174. The molecule has 0 fully saturated rings. The number of hydrogen-bond donors (Lipinski definition) is 1. The van der Waals surface area contributed by atoms with Gasteiger partial charge in [0.05, 0.1) is 5.69 Å². The van der Waals surface area contributed by atoms with E-state index in [0.717, 1.165) is 16.8 Å². The zero-order valence-electron chi connectivity index (χ0n) is 14.3. The predicted molar refractivity (Wildman–Crippen MR) is 95.4 cm³/mol. The van der Waals surface area contributed by atoms with Crippen molar-refractivity contribution in [3.63, 3.8) is 0 Å². The fourth-order valence-corrected chi connectivity index (χ4v) is 2.89. The highest BCUT2D eigenvalue weighted by Crippen LogP contribution is 2.35. The lowest BCUT2D eigenvalue weighted by Gasteiger charge is -2.05. The first kappa shape index (κ1) is 15.4. The average molecular weight is 362 g/mol. The highest BCUT2D eigenvalue weighted by atomic mass is 16.7. The summed E-state index contributed by atoms with van der Waals surface area (Å²) in [6.07, 6.45) is 0. The van der Waals surface area contributed by atoms with E-state index in [4.69, 9.17) is 19.7 Å². The number of hydrogen-bond acceptors (Lipinski definition) is 8. The number of fused-ring (bicyclic) bond motifs is 1. The van der Waals surface area contributed by atoms with Crippen molar-refractivity contribution >= 4 is 5.82 Å². The molecule has 0 saturated heterocycles. The van der Waals surface area contributed by atoms with Crippen LogP contribution in [0.15, 0.2) is 47.0 Å². The Morgan fingerprint density at radius 1 is 1.07 bits per heavy atom. The fraction of sp³-hybridized carbons (Fsp3) is 0.111. The lowest BCUT2D eigenvalue weighted by atomic mass is 10.2. The van der Waals surface area contributed by atoms with Crippen LogP contribution < -0.4 is 15.2 Å². The number of ether oxygens (including phenoxy) is 2. The first-order valence-corrected chi connectivity index (χ1v) is 8.22. The Kier molecular flexibility index (Phi) is 3.32. The number of nitrogens with zero attached hydrogens (tertiary/aromatic N) is 5. The van der Waals surface area contributed by atoms with Crippen LogP contribution >= 0.6 is 0 Å². The molecule has 0 unspecified atom stereocenters. The molecule has 0 atom stereocenters. The third-order valence-electron chi connectivity index (χ3n) is 4.31. The van der Waals surface area contributed by atoms with Gasteiger partial charge < -0.3 is 19.7 Å². The number of anilines is 1. The smallest absolute Gasteiger partial charge is 0.282 e. The van der Waals surface area contributed by atoms with Crippen molar-refractivity contribution in [3.8, 4) is 40.2 Å². The first-order valence-electron chi connectivity index (χ1n) is 8.22. The van der Waals surface area contributed by atoms with Crippen LogP contribution in [-0.2, 0) is 0 Å². The molecule has 5 rings (SSSR count). The Morgan fingerprint density at radius 3 is 2.81 bits per heavy atom. The molecule has 9 nitrogen and oxygen atoms in total. The Bertz CT molecular complexity index is 1150. The molecular formula is C18H14N6O3. The molecular weight excluding hydrogens is 348 g/mol. The number of rotatable bonds is 3. The Hall–Kier alpha value is -3.88. The third-order valence-corrected chi connectivity index (χ3v) is 4.31. The van der Waals surface area contributed by atoms with Gasteiger partial charge in [0.25, 0.3) is 5.89 Å². The van der Waals surface area contributed by atoms with E-state index < -0.39 is 0 Å². The van der Waals surface area contributed by atoms with Crippen molar-refractivity contribution in [1.82, 2.24) is 25.1 Å². The minimum atomic E-state index is 0.194. The number of para-hydroxylation sites is 1. The number of nitrogens with two attached hydrogens (primary N) is 1. The van der Waals surface area contributed by atoms with Gasteiger partial charge in [0.2, 0.25) is 12.6 Å². The molecule has 134 valence electrons. The van der Waals surface area contributed by atoms with Crippen molar-refractivity contribution in [3.05, 3.63) is 48.0 Å². The first-order chi connectivity index (χ1) is 13.2. The summed E-state index contributed by atoms with van der Waals surface area (Å²) in [5.74, 6) is 2.25. The van der Waals surface area contributed by atoms with Crippen molar-refractivity contribution in [2.75, 3.05) is 12.5 Å². The predicted octanol–water partition coefficient (Wildman–Crippen LogP) is 2.60. The SMILES string of the molecule is Cc1ccccc1-n1nnc(-c2nc(-c3ccc4c(c3)OCO4)no2)c1N. The second kappa shape index (κ2) is 5.84. The van der Waals surface area contributed by atoms with Crippen molar-refractivity contribution in [2.24, 2.45) is 0 Å². The van der Waals surface area contributed by atoms with Crippen molar-refractivity contribution in [1.29, 1.82) is 0 Å². The van der Waals surface area contributed by atoms with Gasteiger partial charge in [-0.25, -0.2) is 0 Å². The zero-order valence-corrected chi connectivity index (χ0v) is 14.3.